The SMILES string of the molecule is CCn1c(SCc2ccc(Cl)cc2)nnc1-c1ccc(Br)o1. The van der Waals surface area contributed by atoms with Gasteiger partial charge in [0.25, 0.3) is 0 Å². The van der Waals surface area contributed by atoms with Crippen LogP contribution in [-0.4, -0.2) is 14.8 Å². The summed E-state index contributed by atoms with van der Waals surface area (Å²) < 4.78 is 8.30. The van der Waals surface area contributed by atoms with E-state index in [-0.39, 0.29) is 0 Å². The molecular formula is C15H13BrClN3OS. The Balaban J connectivity index is 1.79. The summed E-state index contributed by atoms with van der Waals surface area (Å²) >= 11 is 10.9. The molecule has 22 heavy (non-hydrogen) atoms. The van der Waals surface area contributed by atoms with Gasteiger partial charge in [0.2, 0.25) is 5.82 Å². The summed E-state index contributed by atoms with van der Waals surface area (Å²) in [5.74, 6) is 2.27. The molecule has 0 amide bonds. The zero-order valence-electron chi connectivity index (χ0n) is 11.8. The standard InChI is InChI=1S/C15H13BrClN3OS/c1-2-20-14(12-7-8-13(16)21-12)18-19-15(20)22-9-10-3-5-11(17)6-4-10/h3-8H,2,9H2,1H3. The molecule has 0 N–H and O–H groups in total. The number of halogens is 2. The first kappa shape index (κ1) is 15.6. The first-order valence-electron chi connectivity index (χ1n) is 6.73. The number of hydrogen-bond acceptors (Lipinski definition) is 4. The van der Waals surface area contributed by atoms with E-state index < -0.39 is 0 Å². The molecule has 114 valence electrons. The number of benzene rings is 1. The van der Waals surface area contributed by atoms with Crippen LogP contribution in [0.3, 0.4) is 0 Å². The first-order chi connectivity index (χ1) is 10.7. The van der Waals surface area contributed by atoms with E-state index in [2.05, 4.69) is 33.1 Å². The van der Waals surface area contributed by atoms with Gasteiger partial charge in [0.15, 0.2) is 15.6 Å². The third-order valence-corrected chi connectivity index (χ3v) is 4.82. The molecule has 0 fully saturated rings. The summed E-state index contributed by atoms with van der Waals surface area (Å²) in [6, 6.07) is 11.6. The fraction of sp³-hybridized carbons (Fsp3) is 0.200. The molecule has 0 spiro atoms. The van der Waals surface area contributed by atoms with Gasteiger partial charge in [-0.2, -0.15) is 0 Å². The van der Waals surface area contributed by atoms with E-state index in [1.807, 2.05) is 41.0 Å². The highest BCUT2D eigenvalue weighted by atomic mass is 79.9. The first-order valence-corrected chi connectivity index (χ1v) is 8.89. The molecule has 4 nitrogen and oxygen atoms in total. The molecule has 0 unspecified atom stereocenters. The highest BCUT2D eigenvalue weighted by Gasteiger charge is 2.16. The Hall–Kier alpha value is -1.24. The highest BCUT2D eigenvalue weighted by molar-refractivity contribution is 9.10. The van der Waals surface area contributed by atoms with Gasteiger partial charge in [0.05, 0.1) is 0 Å². The minimum atomic E-state index is 0.684. The number of aromatic nitrogens is 3. The van der Waals surface area contributed by atoms with Crippen molar-refractivity contribution < 1.29 is 4.42 Å². The Kier molecular flexibility index (Phi) is 4.90. The summed E-state index contributed by atoms with van der Waals surface area (Å²) in [7, 11) is 0. The van der Waals surface area contributed by atoms with Crippen LogP contribution in [0.25, 0.3) is 11.6 Å². The van der Waals surface area contributed by atoms with E-state index >= 15 is 0 Å². The summed E-state index contributed by atoms with van der Waals surface area (Å²) in [5, 5.41) is 10.2. The molecule has 0 atom stereocenters. The molecule has 0 saturated carbocycles. The van der Waals surface area contributed by atoms with Gasteiger partial charge in [-0.15, -0.1) is 10.2 Å². The Morgan fingerprint density at radius 2 is 1.95 bits per heavy atom. The van der Waals surface area contributed by atoms with Crippen LogP contribution in [0.1, 0.15) is 12.5 Å². The number of hydrogen-bond donors (Lipinski definition) is 0. The van der Waals surface area contributed by atoms with Crippen LogP contribution in [-0.2, 0) is 12.3 Å². The molecule has 0 saturated heterocycles. The Morgan fingerprint density at radius 3 is 2.59 bits per heavy atom. The Morgan fingerprint density at radius 1 is 1.18 bits per heavy atom. The van der Waals surface area contributed by atoms with E-state index in [4.69, 9.17) is 16.0 Å². The fourth-order valence-electron chi connectivity index (χ4n) is 2.03. The smallest absolute Gasteiger partial charge is 0.200 e. The van der Waals surface area contributed by atoms with Gasteiger partial charge in [0.1, 0.15) is 0 Å². The third-order valence-electron chi connectivity index (χ3n) is 3.11. The second-order valence-corrected chi connectivity index (χ2v) is 6.73. The minimum absolute atomic E-state index is 0.684. The van der Waals surface area contributed by atoms with Crippen molar-refractivity contribution >= 4 is 39.3 Å². The molecule has 0 radical (unpaired) electrons. The van der Waals surface area contributed by atoms with Crippen molar-refractivity contribution in [2.45, 2.75) is 24.4 Å². The lowest BCUT2D eigenvalue weighted by Gasteiger charge is -2.06. The molecule has 3 rings (SSSR count). The summed E-state index contributed by atoms with van der Waals surface area (Å²) in [6.07, 6.45) is 0. The predicted molar refractivity (Wildman–Crippen MR) is 92.1 cm³/mol. The summed E-state index contributed by atoms with van der Waals surface area (Å²) in [4.78, 5) is 0. The van der Waals surface area contributed by atoms with Crippen molar-refractivity contribution in [3.63, 3.8) is 0 Å². The topological polar surface area (TPSA) is 43.9 Å². The van der Waals surface area contributed by atoms with Gasteiger partial charge >= 0.3 is 0 Å². The quantitative estimate of drug-likeness (QED) is 0.549. The average Bonchev–Trinajstić information content (AvgIpc) is 3.12. The molecule has 0 aliphatic rings. The molecule has 2 aromatic heterocycles. The van der Waals surface area contributed by atoms with Gasteiger partial charge in [0, 0.05) is 17.3 Å². The molecule has 3 aromatic rings. The normalized spacial score (nSPS) is 11.0. The van der Waals surface area contributed by atoms with Gasteiger partial charge < -0.3 is 4.42 Å². The van der Waals surface area contributed by atoms with Crippen molar-refractivity contribution in [3.05, 3.63) is 51.7 Å². The predicted octanol–water partition coefficient (Wildman–Crippen LogP) is 5.27. The van der Waals surface area contributed by atoms with Crippen molar-refractivity contribution in [2.75, 3.05) is 0 Å². The van der Waals surface area contributed by atoms with Crippen molar-refractivity contribution in [1.29, 1.82) is 0 Å². The van der Waals surface area contributed by atoms with Gasteiger partial charge in [-0.1, -0.05) is 35.5 Å². The third kappa shape index (κ3) is 3.39. The molecule has 0 bridgehead atoms. The number of nitrogens with zero attached hydrogens (tertiary/aromatic N) is 3. The molecular weight excluding hydrogens is 386 g/mol. The molecule has 0 aliphatic heterocycles. The second kappa shape index (κ2) is 6.89. The number of rotatable bonds is 5. The van der Waals surface area contributed by atoms with Crippen molar-refractivity contribution in [3.8, 4) is 11.6 Å². The summed E-state index contributed by atoms with van der Waals surface area (Å²) in [6.45, 7) is 2.85. The minimum Gasteiger partial charge on any atom is -0.446 e. The van der Waals surface area contributed by atoms with Crippen molar-refractivity contribution in [1.82, 2.24) is 14.8 Å². The lowest BCUT2D eigenvalue weighted by Crippen LogP contribution is -1.99. The van der Waals surface area contributed by atoms with Gasteiger partial charge in [-0.25, -0.2) is 0 Å². The molecule has 7 heteroatoms. The van der Waals surface area contributed by atoms with E-state index in [0.29, 0.717) is 10.4 Å². The van der Waals surface area contributed by atoms with Crippen LogP contribution in [0.5, 0.6) is 0 Å². The van der Waals surface area contributed by atoms with E-state index in [9.17, 15) is 0 Å². The Labute approximate surface area is 146 Å². The number of thioether (sulfide) groups is 1. The lowest BCUT2D eigenvalue weighted by molar-refractivity contribution is 0.543. The van der Waals surface area contributed by atoms with Crippen molar-refractivity contribution in [2.24, 2.45) is 0 Å². The van der Waals surface area contributed by atoms with Gasteiger partial charge in [-0.3, -0.25) is 4.57 Å². The van der Waals surface area contributed by atoms with Gasteiger partial charge in [-0.05, 0) is 52.7 Å². The van der Waals surface area contributed by atoms with Crippen LogP contribution in [0.15, 0.2) is 50.6 Å². The van der Waals surface area contributed by atoms with Crippen LogP contribution < -0.4 is 0 Å². The zero-order chi connectivity index (χ0) is 15.5. The maximum Gasteiger partial charge on any atom is 0.200 e. The Bertz CT molecular complexity index is 769. The fourth-order valence-corrected chi connectivity index (χ4v) is 3.42. The maximum atomic E-state index is 5.90. The molecule has 2 heterocycles. The van der Waals surface area contributed by atoms with E-state index in [0.717, 1.165) is 28.3 Å². The van der Waals surface area contributed by atoms with Crippen LogP contribution >= 0.6 is 39.3 Å². The summed E-state index contributed by atoms with van der Waals surface area (Å²) in [5.41, 5.74) is 1.20. The second-order valence-electron chi connectivity index (χ2n) is 4.57. The molecule has 1 aromatic carbocycles. The van der Waals surface area contributed by atoms with E-state index in [1.165, 1.54) is 5.56 Å². The number of furan rings is 1. The monoisotopic (exact) mass is 397 g/mol. The molecule has 0 aliphatic carbocycles. The lowest BCUT2D eigenvalue weighted by atomic mass is 10.2. The van der Waals surface area contributed by atoms with E-state index in [1.54, 1.807) is 11.8 Å². The highest BCUT2D eigenvalue weighted by Crippen LogP contribution is 2.28. The van der Waals surface area contributed by atoms with Crippen LogP contribution in [0.4, 0.5) is 0 Å². The van der Waals surface area contributed by atoms with Crippen LogP contribution in [0, 0.1) is 0 Å². The maximum absolute atomic E-state index is 5.90. The average molecular weight is 399 g/mol. The largest absolute Gasteiger partial charge is 0.446 e. The van der Waals surface area contributed by atoms with Crippen LogP contribution in [0.2, 0.25) is 5.02 Å². The zero-order valence-corrected chi connectivity index (χ0v) is 15.0.